The summed E-state index contributed by atoms with van der Waals surface area (Å²) in [7, 11) is 0. The van der Waals surface area contributed by atoms with E-state index in [1.54, 1.807) is 11.8 Å². The normalized spacial score (nSPS) is 10.3. The lowest BCUT2D eigenvalue weighted by Gasteiger charge is -2.24. The molecule has 1 aromatic rings. The Labute approximate surface area is 127 Å². The molecule has 4 heteroatoms. The first-order valence-corrected chi connectivity index (χ1v) is 7.58. The number of hydrogen-bond acceptors (Lipinski definition) is 2. The van der Waals surface area contributed by atoms with Gasteiger partial charge in [0.25, 0.3) is 0 Å². The molecule has 2 amide bonds. The maximum absolute atomic E-state index is 11.9. The maximum atomic E-state index is 11.9. The first kappa shape index (κ1) is 17.2. The molecule has 4 nitrogen and oxygen atoms in total. The Morgan fingerprint density at radius 1 is 1.24 bits per heavy atom. The molecule has 0 atom stereocenters. The summed E-state index contributed by atoms with van der Waals surface area (Å²) in [5.74, 6) is 0.0489. The molecule has 1 N–H and O–H groups in total. The van der Waals surface area contributed by atoms with Gasteiger partial charge in [0.05, 0.1) is 0 Å². The van der Waals surface area contributed by atoms with Crippen LogP contribution in [0, 0.1) is 13.8 Å². The smallest absolute Gasteiger partial charge is 0.223 e. The lowest BCUT2D eigenvalue weighted by Crippen LogP contribution is -2.37. The van der Waals surface area contributed by atoms with Gasteiger partial charge in [-0.3, -0.25) is 9.59 Å². The van der Waals surface area contributed by atoms with E-state index < -0.39 is 0 Å². The summed E-state index contributed by atoms with van der Waals surface area (Å²) in [6.07, 6.45) is 2.47. The highest BCUT2D eigenvalue weighted by Crippen LogP contribution is 2.22. The Balaban J connectivity index is 2.65. The average molecular weight is 290 g/mol. The average Bonchev–Trinajstić information content (AvgIpc) is 2.44. The van der Waals surface area contributed by atoms with Crippen LogP contribution in [0.2, 0.25) is 0 Å². The monoisotopic (exact) mass is 290 g/mol. The van der Waals surface area contributed by atoms with Crippen molar-refractivity contribution in [3.05, 3.63) is 29.3 Å². The van der Waals surface area contributed by atoms with Crippen LogP contribution in [-0.4, -0.2) is 24.9 Å². The largest absolute Gasteiger partial charge is 0.354 e. The third-order valence-electron chi connectivity index (χ3n) is 3.66. The molecular formula is C17H26N2O2. The van der Waals surface area contributed by atoms with Crippen molar-refractivity contribution in [1.29, 1.82) is 0 Å². The van der Waals surface area contributed by atoms with Crippen molar-refractivity contribution < 1.29 is 9.59 Å². The van der Waals surface area contributed by atoms with Crippen LogP contribution < -0.4 is 10.2 Å². The Bertz CT molecular complexity index is 498. The molecule has 21 heavy (non-hydrogen) atoms. The van der Waals surface area contributed by atoms with Gasteiger partial charge >= 0.3 is 0 Å². The van der Waals surface area contributed by atoms with Gasteiger partial charge in [-0.15, -0.1) is 0 Å². The van der Waals surface area contributed by atoms with Crippen molar-refractivity contribution in [2.75, 3.05) is 18.0 Å². The number of amides is 2. The lowest BCUT2D eigenvalue weighted by molar-refractivity contribution is -0.121. The highest BCUT2D eigenvalue weighted by molar-refractivity contribution is 5.92. The van der Waals surface area contributed by atoms with Gasteiger partial charge < -0.3 is 10.2 Å². The summed E-state index contributed by atoms with van der Waals surface area (Å²) in [6.45, 7) is 8.64. The number of carbonyl (C=O) groups is 2. The van der Waals surface area contributed by atoms with E-state index in [0.29, 0.717) is 19.5 Å². The molecular weight excluding hydrogens is 264 g/mol. The number of nitrogens with zero attached hydrogens (tertiary/aromatic N) is 1. The number of rotatable bonds is 7. The fourth-order valence-electron chi connectivity index (χ4n) is 2.21. The number of carbonyl (C=O) groups excluding carboxylic acids is 2. The molecule has 0 bridgehead atoms. The van der Waals surface area contributed by atoms with Gasteiger partial charge in [0.1, 0.15) is 0 Å². The van der Waals surface area contributed by atoms with E-state index in [1.165, 1.54) is 0 Å². The number of nitrogens with one attached hydrogen (secondary N) is 1. The molecule has 0 fully saturated rings. The molecule has 0 aliphatic heterocycles. The highest BCUT2D eigenvalue weighted by atomic mass is 16.2. The summed E-state index contributed by atoms with van der Waals surface area (Å²) < 4.78 is 0. The van der Waals surface area contributed by atoms with Gasteiger partial charge in [-0.25, -0.2) is 0 Å². The van der Waals surface area contributed by atoms with Crippen LogP contribution in [0.4, 0.5) is 5.69 Å². The second kappa shape index (κ2) is 8.45. The quantitative estimate of drug-likeness (QED) is 0.839. The van der Waals surface area contributed by atoms with E-state index in [1.807, 2.05) is 32.0 Å². The van der Waals surface area contributed by atoms with E-state index >= 15 is 0 Å². The molecule has 0 unspecified atom stereocenters. The van der Waals surface area contributed by atoms with Crippen LogP contribution in [0.3, 0.4) is 0 Å². The molecule has 0 saturated heterocycles. The molecule has 0 spiro atoms. The Hall–Kier alpha value is -1.84. The molecule has 1 rings (SSSR count). The van der Waals surface area contributed by atoms with Gasteiger partial charge in [-0.05, 0) is 37.5 Å². The fraction of sp³-hybridized carbons (Fsp3) is 0.529. The SMILES string of the molecule is CCCCC(=O)NCCN(C(C)=O)c1cccc(C)c1C. The van der Waals surface area contributed by atoms with Crippen molar-refractivity contribution in [2.24, 2.45) is 0 Å². The van der Waals surface area contributed by atoms with Crippen LogP contribution in [0.15, 0.2) is 18.2 Å². The second-order valence-corrected chi connectivity index (χ2v) is 5.34. The minimum atomic E-state index is -0.00786. The number of benzene rings is 1. The predicted molar refractivity (Wildman–Crippen MR) is 86.5 cm³/mol. The minimum absolute atomic E-state index is 0.00786. The zero-order valence-electron chi connectivity index (χ0n) is 13.5. The van der Waals surface area contributed by atoms with Crippen molar-refractivity contribution >= 4 is 17.5 Å². The molecule has 0 saturated carbocycles. The fourth-order valence-corrected chi connectivity index (χ4v) is 2.21. The van der Waals surface area contributed by atoms with Crippen molar-refractivity contribution in [3.63, 3.8) is 0 Å². The van der Waals surface area contributed by atoms with Crippen LogP contribution in [0.5, 0.6) is 0 Å². The van der Waals surface area contributed by atoms with Gasteiger partial charge in [-0.2, -0.15) is 0 Å². The van der Waals surface area contributed by atoms with E-state index in [2.05, 4.69) is 12.2 Å². The number of aryl methyl sites for hydroxylation is 1. The van der Waals surface area contributed by atoms with Crippen LogP contribution in [0.25, 0.3) is 0 Å². The Kier molecular flexibility index (Phi) is 6.92. The van der Waals surface area contributed by atoms with Gasteiger partial charge in [0.2, 0.25) is 11.8 Å². The summed E-state index contributed by atoms with van der Waals surface area (Å²) in [6, 6.07) is 5.93. The summed E-state index contributed by atoms with van der Waals surface area (Å²) in [4.78, 5) is 25.2. The van der Waals surface area contributed by atoms with Gasteiger partial charge in [0, 0.05) is 32.1 Å². The maximum Gasteiger partial charge on any atom is 0.223 e. The zero-order chi connectivity index (χ0) is 15.8. The summed E-state index contributed by atoms with van der Waals surface area (Å²) >= 11 is 0. The highest BCUT2D eigenvalue weighted by Gasteiger charge is 2.14. The van der Waals surface area contributed by atoms with Crippen LogP contribution in [0.1, 0.15) is 44.2 Å². The van der Waals surface area contributed by atoms with Crippen LogP contribution >= 0.6 is 0 Å². The Morgan fingerprint density at radius 3 is 2.57 bits per heavy atom. The predicted octanol–water partition coefficient (Wildman–Crippen LogP) is 2.96. The molecule has 0 radical (unpaired) electrons. The molecule has 0 aromatic heterocycles. The Morgan fingerprint density at radius 2 is 1.95 bits per heavy atom. The summed E-state index contributed by atoms with van der Waals surface area (Å²) in [5, 5.41) is 2.87. The lowest BCUT2D eigenvalue weighted by atomic mass is 10.1. The zero-order valence-corrected chi connectivity index (χ0v) is 13.5. The third-order valence-corrected chi connectivity index (χ3v) is 3.66. The number of hydrogen-bond donors (Lipinski definition) is 1. The summed E-state index contributed by atoms with van der Waals surface area (Å²) in [5.41, 5.74) is 3.18. The third kappa shape index (κ3) is 5.21. The second-order valence-electron chi connectivity index (χ2n) is 5.34. The standard InChI is InChI=1S/C17H26N2O2/c1-5-6-10-17(21)18-11-12-19(15(4)20)16-9-7-8-13(2)14(16)3/h7-9H,5-6,10-12H2,1-4H3,(H,18,21). The number of anilines is 1. The first-order chi connectivity index (χ1) is 9.97. The molecule has 0 heterocycles. The molecule has 0 aliphatic carbocycles. The first-order valence-electron chi connectivity index (χ1n) is 7.58. The van der Waals surface area contributed by atoms with E-state index in [9.17, 15) is 9.59 Å². The van der Waals surface area contributed by atoms with Gasteiger partial charge in [0.15, 0.2) is 0 Å². The van der Waals surface area contributed by atoms with E-state index in [4.69, 9.17) is 0 Å². The molecule has 0 aliphatic rings. The van der Waals surface area contributed by atoms with Gasteiger partial charge in [-0.1, -0.05) is 25.5 Å². The molecule has 116 valence electrons. The van der Waals surface area contributed by atoms with Crippen molar-refractivity contribution in [1.82, 2.24) is 5.32 Å². The van der Waals surface area contributed by atoms with E-state index in [-0.39, 0.29) is 11.8 Å². The number of unbranched alkanes of at least 4 members (excludes halogenated alkanes) is 1. The minimum Gasteiger partial charge on any atom is -0.354 e. The van der Waals surface area contributed by atoms with E-state index in [0.717, 1.165) is 29.7 Å². The topological polar surface area (TPSA) is 49.4 Å². The van der Waals surface area contributed by atoms with Crippen molar-refractivity contribution in [3.8, 4) is 0 Å². The van der Waals surface area contributed by atoms with Crippen molar-refractivity contribution in [2.45, 2.75) is 47.0 Å². The molecule has 1 aromatic carbocycles. The van der Waals surface area contributed by atoms with Crippen LogP contribution in [-0.2, 0) is 9.59 Å².